The zero-order valence-electron chi connectivity index (χ0n) is 13.8. The number of nitrogens with zero attached hydrogens (tertiary/aromatic N) is 2. The number of benzene rings is 1. The molecule has 0 saturated carbocycles. The number of halogens is 1. The van der Waals surface area contributed by atoms with Crippen LogP contribution in [0.3, 0.4) is 0 Å². The van der Waals surface area contributed by atoms with Gasteiger partial charge in [-0.3, -0.25) is 9.40 Å². The van der Waals surface area contributed by atoms with Crippen molar-refractivity contribution in [3.05, 3.63) is 36.4 Å². The molecule has 0 unspecified atom stereocenters. The Balaban J connectivity index is 1.69. The molecule has 0 radical (unpaired) electrons. The lowest BCUT2D eigenvalue weighted by Crippen LogP contribution is -2.20. The summed E-state index contributed by atoms with van der Waals surface area (Å²) in [7, 11) is -2.58. The lowest BCUT2D eigenvalue weighted by Gasteiger charge is -2.21. The predicted molar refractivity (Wildman–Crippen MR) is 89.5 cm³/mol. The molecule has 1 N–H and O–H groups in total. The molecule has 0 spiro atoms. The van der Waals surface area contributed by atoms with Gasteiger partial charge >= 0.3 is 0 Å². The predicted octanol–water partition coefficient (Wildman–Crippen LogP) is 2.26. The summed E-state index contributed by atoms with van der Waals surface area (Å²) in [5, 5.41) is 4.19. The third kappa shape index (κ3) is 4.29. The van der Waals surface area contributed by atoms with Crippen LogP contribution in [-0.4, -0.2) is 38.5 Å². The van der Waals surface area contributed by atoms with Crippen molar-refractivity contribution in [1.82, 2.24) is 9.78 Å². The van der Waals surface area contributed by atoms with Crippen molar-refractivity contribution >= 4 is 15.7 Å². The van der Waals surface area contributed by atoms with Crippen molar-refractivity contribution in [1.29, 1.82) is 0 Å². The van der Waals surface area contributed by atoms with E-state index >= 15 is 0 Å². The van der Waals surface area contributed by atoms with Gasteiger partial charge in [-0.05, 0) is 37.0 Å². The fourth-order valence-corrected chi connectivity index (χ4v) is 3.78. The Morgan fingerprint density at radius 1 is 1.40 bits per heavy atom. The molecule has 25 heavy (non-hydrogen) atoms. The fraction of sp³-hybridized carbons (Fsp3) is 0.438. The van der Waals surface area contributed by atoms with Crippen molar-refractivity contribution in [2.24, 2.45) is 5.92 Å². The van der Waals surface area contributed by atoms with E-state index in [2.05, 4.69) is 9.82 Å². The third-order valence-electron chi connectivity index (χ3n) is 4.11. The van der Waals surface area contributed by atoms with Gasteiger partial charge in [-0.15, -0.1) is 0 Å². The van der Waals surface area contributed by atoms with Crippen molar-refractivity contribution in [2.75, 3.05) is 25.0 Å². The molecule has 1 fully saturated rings. The number of ether oxygens (including phenoxy) is 2. The van der Waals surface area contributed by atoms with Crippen LogP contribution in [0, 0.1) is 11.7 Å². The number of methoxy groups -OCH3 is 1. The zero-order chi connectivity index (χ0) is 17.9. The van der Waals surface area contributed by atoms with E-state index in [9.17, 15) is 12.8 Å². The summed E-state index contributed by atoms with van der Waals surface area (Å²) in [6, 6.07) is 3.49. The summed E-state index contributed by atoms with van der Waals surface area (Å²) in [5.41, 5.74) is 0.336. The first-order chi connectivity index (χ1) is 12.0. The molecule has 0 aliphatic carbocycles. The number of hydrogen-bond donors (Lipinski definition) is 1. The van der Waals surface area contributed by atoms with Gasteiger partial charge in [0.05, 0.1) is 23.9 Å². The lowest BCUT2D eigenvalue weighted by molar-refractivity contribution is 0.0601. The quantitative estimate of drug-likeness (QED) is 0.845. The second kappa shape index (κ2) is 7.40. The number of sulfonamides is 1. The molecule has 2 aromatic rings. The lowest BCUT2D eigenvalue weighted by atomic mass is 10.0. The summed E-state index contributed by atoms with van der Waals surface area (Å²) in [5.74, 6) is -0.280. The van der Waals surface area contributed by atoms with Gasteiger partial charge in [0.2, 0.25) is 0 Å². The molecule has 0 amide bonds. The molecule has 1 aromatic carbocycles. The van der Waals surface area contributed by atoms with Crippen LogP contribution in [0.15, 0.2) is 35.5 Å². The Morgan fingerprint density at radius 2 is 2.16 bits per heavy atom. The molecule has 1 saturated heterocycles. The summed E-state index contributed by atoms with van der Waals surface area (Å²) in [6.07, 6.45) is 5.00. The average molecular weight is 369 g/mol. The summed E-state index contributed by atoms with van der Waals surface area (Å²) < 4.78 is 52.7. The Hall–Kier alpha value is -2.13. The number of rotatable bonds is 6. The molecule has 0 bridgehead atoms. The van der Waals surface area contributed by atoms with Gasteiger partial charge in [0.15, 0.2) is 11.6 Å². The molecule has 1 aromatic heterocycles. The molecule has 1 aliphatic rings. The highest BCUT2D eigenvalue weighted by Gasteiger charge is 2.19. The van der Waals surface area contributed by atoms with Gasteiger partial charge in [0.1, 0.15) is 0 Å². The summed E-state index contributed by atoms with van der Waals surface area (Å²) in [6.45, 7) is 2.20. The highest BCUT2D eigenvalue weighted by molar-refractivity contribution is 7.92. The molecule has 2 heterocycles. The van der Waals surface area contributed by atoms with E-state index in [4.69, 9.17) is 9.47 Å². The van der Waals surface area contributed by atoms with E-state index < -0.39 is 15.8 Å². The van der Waals surface area contributed by atoms with Crippen LogP contribution in [0.2, 0.25) is 0 Å². The number of anilines is 1. The summed E-state index contributed by atoms with van der Waals surface area (Å²) in [4.78, 5) is -0.178. The second-order valence-corrected chi connectivity index (χ2v) is 7.59. The first-order valence-electron chi connectivity index (χ1n) is 7.94. The minimum Gasteiger partial charge on any atom is -0.494 e. The second-order valence-electron chi connectivity index (χ2n) is 5.91. The molecule has 0 atom stereocenters. The topological polar surface area (TPSA) is 82.5 Å². The molecule has 3 rings (SSSR count). The van der Waals surface area contributed by atoms with E-state index in [0.717, 1.165) is 32.1 Å². The largest absolute Gasteiger partial charge is 0.494 e. The van der Waals surface area contributed by atoms with Crippen LogP contribution in [-0.2, 0) is 21.3 Å². The SMILES string of the molecule is COc1ccc(S(=O)(=O)Nc2cnn(CC3CCOCC3)c2)cc1F. The molecule has 9 heteroatoms. The fourth-order valence-electron chi connectivity index (χ4n) is 2.74. The number of nitrogens with one attached hydrogen (secondary N) is 1. The van der Waals surface area contributed by atoms with Gasteiger partial charge < -0.3 is 9.47 Å². The van der Waals surface area contributed by atoms with Crippen molar-refractivity contribution in [2.45, 2.75) is 24.3 Å². The van der Waals surface area contributed by atoms with E-state index in [1.54, 1.807) is 10.9 Å². The van der Waals surface area contributed by atoms with Crippen molar-refractivity contribution in [3.8, 4) is 5.75 Å². The van der Waals surface area contributed by atoms with E-state index in [1.807, 2.05) is 0 Å². The van der Waals surface area contributed by atoms with Crippen molar-refractivity contribution in [3.63, 3.8) is 0 Å². The monoisotopic (exact) mass is 369 g/mol. The number of aromatic nitrogens is 2. The van der Waals surface area contributed by atoms with Gasteiger partial charge in [0, 0.05) is 26.0 Å². The normalized spacial score (nSPS) is 15.9. The van der Waals surface area contributed by atoms with Crippen LogP contribution in [0.25, 0.3) is 0 Å². The Labute approximate surface area is 145 Å². The molecular weight excluding hydrogens is 349 g/mol. The maximum absolute atomic E-state index is 13.7. The van der Waals surface area contributed by atoms with Gasteiger partial charge in [-0.1, -0.05) is 0 Å². The van der Waals surface area contributed by atoms with Crippen LogP contribution in [0.5, 0.6) is 5.75 Å². The van der Waals surface area contributed by atoms with Crippen LogP contribution < -0.4 is 9.46 Å². The van der Waals surface area contributed by atoms with Gasteiger partial charge in [0.25, 0.3) is 10.0 Å². The van der Waals surface area contributed by atoms with E-state index in [0.29, 0.717) is 18.2 Å². The highest BCUT2D eigenvalue weighted by Crippen LogP contribution is 2.23. The zero-order valence-corrected chi connectivity index (χ0v) is 14.6. The Morgan fingerprint density at radius 3 is 2.84 bits per heavy atom. The first-order valence-corrected chi connectivity index (χ1v) is 9.43. The third-order valence-corrected chi connectivity index (χ3v) is 5.48. The highest BCUT2D eigenvalue weighted by atomic mass is 32.2. The first kappa shape index (κ1) is 17.7. The number of hydrogen-bond acceptors (Lipinski definition) is 5. The average Bonchev–Trinajstić information content (AvgIpc) is 3.02. The Kier molecular flexibility index (Phi) is 5.24. The van der Waals surface area contributed by atoms with E-state index in [-0.39, 0.29) is 10.6 Å². The standard InChI is InChI=1S/C16H20FN3O4S/c1-23-16-3-2-14(8-15(16)17)25(21,22)19-13-9-18-20(11-13)10-12-4-6-24-7-5-12/h2-3,8-9,11-12,19H,4-7,10H2,1H3. The van der Waals surface area contributed by atoms with Crippen LogP contribution in [0.4, 0.5) is 10.1 Å². The van der Waals surface area contributed by atoms with Crippen LogP contribution >= 0.6 is 0 Å². The molecule has 1 aliphatic heterocycles. The van der Waals surface area contributed by atoms with Gasteiger partial charge in [-0.25, -0.2) is 12.8 Å². The van der Waals surface area contributed by atoms with Crippen molar-refractivity contribution < 1.29 is 22.3 Å². The summed E-state index contributed by atoms with van der Waals surface area (Å²) >= 11 is 0. The van der Waals surface area contributed by atoms with Gasteiger partial charge in [-0.2, -0.15) is 5.10 Å². The minimum absolute atomic E-state index is 0.0109. The maximum Gasteiger partial charge on any atom is 0.262 e. The molecule has 136 valence electrons. The van der Waals surface area contributed by atoms with Crippen LogP contribution in [0.1, 0.15) is 12.8 Å². The smallest absolute Gasteiger partial charge is 0.262 e. The Bertz CT molecular complexity index is 832. The molecular formula is C16H20FN3O4S. The van der Waals surface area contributed by atoms with E-state index in [1.165, 1.54) is 25.4 Å². The molecule has 7 nitrogen and oxygen atoms in total. The maximum atomic E-state index is 13.7. The minimum atomic E-state index is -3.90.